The van der Waals surface area contributed by atoms with Gasteiger partial charge in [-0.15, -0.1) is 0 Å². The number of ether oxygens (including phenoxy) is 1. The van der Waals surface area contributed by atoms with Crippen LogP contribution in [0, 0.1) is 10.1 Å². The quantitative estimate of drug-likeness (QED) is 0.678. The van der Waals surface area contributed by atoms with Gasteiger partial charge in [0, 0.05) is 12.3 Å². The molecule has 6 nitrogen and oxygen atoms in total. The van der Waals surface area contributed by atoms with Crippen molar-refractivity contribution in [3.05, 3.63) is 58.6 Å². The van der Waals surface area contributed by atoms with Crippen LogP contribution >= 0.6 is 0 Å². The first kappa shape index (κ1) is 14.0. The average Bonchev–Trinajstić information content (AvgIpc) is 2.41. The van der Waals surface area contributed by atoms with Gasteiger partial charge in [0.05, 0.1) is 16.7 Å². The van der Waals surface area contributed by atoms with Crippen LogP contribution in [0.4, 0.5) is 11.4 Å². The van der Waals surface area contributed by atoms with Gasteiger partial charge in [0.2, 0.25) is 0 Å². The van der Waals surface area contributed by atoms with E-state index in [1.807, 2.05) is 6.07 Å². The minimum absolute atomic E-state index is 0.0941. The second kappa shape index (κ2) is 6.16. The van der Waals surface area contributed by atoms with E-state index in [1.165, 1.54) is 24.5 Å². The van der Waals surface area contributed by atoms with E-state index in [4.69, 9.17) is 4.74 Å². The maximum absolute atomic E-state index is 11.2. The molecule has 2 aromatic carbocycles. The predicted molar refractivity (Wildman–Crippen MR) is 77.3 cm³/mol. The van der Waals surface area contributed by atoms with Crippen LogP contribution in [0.15, 0.2) is 48.5 Å². The number of nitro benzene ring substituents is 1. The van der Waals surface area contributed by atoms with Crippen molar-refractivity contribution in [1.29, 1.82) is 0 Å². The molecule has 1 atom stereocenters. The Morgan fingerprint density at radius 3 is 2.50 bits per heavy atom. The van der Waals surface area contributed by atoms with Crippen molar-refractivity contribution in [2.75, 3.05) is 11.0 Å². The first-order valence-electron chi connectivity index (χ1n) is 5.67. The molecule has 0 bridgehead atoms. The molecule has 1 unspecified atom stereocenters. The third-order valence-electron chi connectivity index (χ3n) is 2.40. The van der Waals surface area contributed by atoms with Gasteiger partial charge >= 0.3 is 0 Å². The van der Waals surface area contributed by atoms with Crippen LogP contribution in [0.1, 0.15) is 0 Å². The number of non-ortho nitro benzene ring substituents is 1. The van der Waals surface area contributed by atoms with Gasteiger partial charge in [0.15, 0.2) is 5.75 Å². The zero-order chi connectivity index (χ0) is 14.5. The Labute approximate surface area is 118 Å². The summed E-state index contributed by atoms with van der Waals surface area (Å²) >= 11 is 0. The largest absolute Gasteiger partial charge is 0.455 e. The van der Waals surface area contributed by atoms with Gasteiger partial charge in [0.25, 0.3) is 5.69 Å². The molecule has 0 saturated carbocycles. The fourth-order valence-electron chi connectivity index (χ4n) is 1.56. The molecule has 20 heavy (non-hydrogen) atoms. The molecule has 0 radical (unpaired) electrons. The third kappa shape index (κ3) is 3.55. The van der Waals surface area contributed by atoms with Crippen molar-refractivity contribution < 1.29 is 13.9 Å². The van der Waals surface area contributed by atoms with Crippen LogP contribution in [-0.2, 0) is 11.0 Å². The molecule has 0 spiro atoms. The van der Waals surface area contributed by atoms with E-state index >= 15 is 0 Å². The van der Waals surface area contributed by atoms with Gasteiger partial charge in [-0.05, 0) is 18.2 Å². The van der Waals surface area contributed by atoms with E-state index in [9.17, 15) is 14.3 Å². The summed E-state index contributed by atoms with van der Waals surface area (Å²) in [5, 5.41) is 10.8. The Kier molecular flexibility index (Phi) is 4.31. The molecule has 104 valence electrons. The molecular formula is C13H12N2O4S. The zero-order valence-electron chi connectivity index (χ0n) is 10.6. The summed E-state index contributed by atoms with van der Waals surface area (Å²) in [6, 6.07) is 13.0. The monoisotopic (exact) mass is 292 g/mol. The lowest BCUT2D eigenvalue weighted by Crippen LogP contribution is -2.03. The van der Waals surface area contributed by atoms with Crippen molar-refractivity contribution >= 4 is 22.4 Å². The van der Waals surface area contributed by atoms with E-state index in [-0.39, 0.29) is 11.4 Å². The fraction of sp³-hybridized carbons (Fsp3) is 0.0769. The normalized spacial score (nSPS) is 11.7. The number of nitrogens with one attached hydrogen (secondary N) is 1. The van der Waals surface area contributed by atoms with Crippen LogP contribution in [0.3, 0.4) is 0 Å². The number of hydrogen-bond donors (Lipinski definition) is 1. The van der Waals surface area contributed by atoms with E-state index in [0.29, 0.717) is 11.4 Å². The summed E-state index contributed by atoms with van der Waals surface area (Å²) in [6.45, 7) is 0. The standard InChI is InChI=1S/C13H12N2O4S/c1-20(18)14-12-8-7-10(15(16)17)9-13(12)19-11-5-3-2-4-6-11/h2-9,14H,1H3. The van der Waals surface area contributed by atoms with Gasteiger partial charge in [-0.1, -0.05) is 18.2 Å². The molecule has 0 aliphatic rings. The van der Waals surface area contributed by atoms with Crippen LogP contribution < -0.4 is 9.46 Å². The molecule has 2 aromatic rings. The van der Waals surface area contributed by atoms with Crippen molar-refractivity contribution in [3.63, 3.8) is 0 Å². The highest BCUT2D eigenvalue weighted by Gasteiger charge is 2.13. The second-order valence-electron chi connectivity index (χ2n) is 3.91. The van der Waals surface area contributed by atoms with Crippen molar-refractivity contribution in [2.45, 2.75) is 0 Å². The molecule has 0 aliphatic carbocycles. The number of nitrogens with zero attached hydrogens (tertiary/aromatic N) is 1. The van der Waals surface area contributed by atoms with Crippen LogP contribution in [0.2, 0.25) is 0 Å². The highest BCUT2D eigenvalue weighted by Crippen LogP contribution is 2.33. The number of para-hydroxylation sites is 1. The summed E-state index contributed by atoms with van der Waals surface area (Å²) < 4.78 is 19.5. The first-order valence-corrected chi connectivity index (χ1v) is 7.23. The molecule has 0 heterocycles. The van der Waals surface area contributed by atoms with Crippen LogP contribution in [-0.4, -0.2) is 15.4 Å². The number of anilines is 1. The Morgan fingerprint density at radius 2 is 1.90 bits per heavy atom. The predicted octanol–water partition coefficient (Wildman–Crippen LogP) is 3.09. The van der Waals surface area contributed by atoms with E-state index in [2.05, 4.69) is 4.72 Å². The van der Waals surface area contributed by atoms with E-state index in [1.54, 1.807) is 24.3 Å². The lowest BCUT2D eigenvalue weighted by molar-refractivity contribution is -0.384. The lowest BCUT2D eigenvalue weighted by atomic mass is 10.2. The summed E-state index contributed by atoms with van der Waals surface area (Å²) in [7, 11) is -1.30. The molecular weight excluding hydrogens is 280 g/mol. The topological polar surface area (TPSA) is 81.5 Å². The maximum Gasteiger partial charge on any atom is 0.273 e. The summed E-state index contributed by atoms with van der Waals surface area (Å²) in [4.78, 5) is 10.3. The summed E-state index contributed by atoms with van der Waals surface area (Å²) in [6.07, 6.45) is 1.47. The summed E-state index contributed by atoms with van der Waals surface area (Å²) in [5.41, 5.74) is 0.337. The molecule has 7 heteroatoms. The highest BCUT2D eigenvalue weighted by molar-refractivity contribution is 7.85. The first-order chi connectivity index (χ1) is 9.56. The third-order valence-corrected chi connectivity index (χ3v) is 2.91. The van der Waals surface area contributed by atoms with Gasteiger partial charge in [0.1, 0.15) is 16.7 Å². The number of hydrogen-bond acceptors (Lipinski definition) is 4. The Bertz CT molecular complexity index is 646. The SMILES string of the molecule is CS(=O)Nc1ccc([N+](=O)[O-])cc1Oc1ccccc1. The van der Waals surface area contributed by atoms with Crippen LogP contribution in [0.25, 0.3) is 0 Å². The van der Waals surface area contributed by atoms with Crippen molar-refractivity contribution in [3.8, 4) is 11.5 Å². The molecule has 0 aromatic heterocycles. The fourth-order valence-corrected chi connectivity index (χ4v) is 2.04. The van der Waals surface area contributed by atoms with Crippen LogP contribution in [0.5, 0.6) is 11.5 Å². The number of nitro groups is 1. The van der Waals surface area contributed by atoms with Gasteiger partial charge in [-0.2, -0.15) is 0 Å². The van der Waals surface area contributed by atoms with Crippen molar-refractivity contribution in [1.82, 2.24) is 0 Å². The molecule has 2 rings (SSSR count). The molecule has 0 saturated heterocycles. The second-order valence-corrected chi connectivity index (χ2v) is 5.02. The van der Waals surface area contributed by atoms with Gasteiger partial charge in [-0.3, -0.25) is 10.1 Å². The van der Waals surface area contributed by atoms with Gasteiger partial charge < -0.3 is 9.46 Å². The Hall–Kier alpha value is -2.41. The molecule has 0 aliphatic heterocycles. The minimum atomic E-state index is -1.30. The van der Waals surface area contributed by atoms with E-state index < -0.39 is 15.9 Å². The number of rotatable bonds is 5. The van der Waals surface area contributed by atoms with Crippen molar-refractivity contribution in [2.24, 2.45) is 0 Å². The van der Waals surface area contributed by atoms with Gasteiger partial charge in [-0.25, -0.2) is 4.21 Å². The smallest absolute Gasteiger partial charge is 0.273 e. The zero-order valence-corrected chi connectivity index (χ0v) is 11.4. The molecule has 1 N–H and O–H groups in total. The van der Waals surface area contributed by atoms with E-state index in [0.717, 1.165) is 0 Å². The maximum atomic E-state index is 11.2. The Morgan fingerprint density at radius 1 is 1.20 bits per heavy atom. The average molecular weight is 292 g/mol. The molecule has 0 fully saturated rings. The highest BCUT2D eigenvalue weighted by atomic mass is 32.2. The number of benzene rings is 2. The lowest BCUT2D eigenvalue weighted by Gasteiger charge is -2.11. The molecule has 0 amide bonds. The Balaban J connectivity index is 2.38. The minimum Gasteiger partial charge on any atom is -0.455 e. The summed E-state index contributed by atoms with van der Waals surface area (Å²) in [5.74, 6) is 0.790.